The van der Waals surface area contributed by atoms with Crippen LogP contribution in [0.15, 0.2) is 47.2 Å². The van der Waals surface area contributed by atoms with Gasteiger partial charge in [0.05, 0.1) is 11.0 Å². The van der Waals surface area contributed by atoms with Gasteiger partial charge in [-0.1, -0.05) is 25.2 Å². The summed E-state index contributed by atoms with van der Waals surface area (Å²) in [6.07, 6.45) is 5.82. The van der Waals surface area contributed by atoms with Crippen LogP contribution in [-0.2, 0) is 6.42 Å². The van der Waals surface area contributed by atoms with Crippen molar-refractivity contribution >= 4 is 32.7 Å². The molecule has 0 aliphatic carbocycles. The third kappa shape index (κ3) is 3.48. The molecule has 0 saturated carbocycles. The fourth-order valence-corrected chi connectivity index (χ4v) is 4.23. The Kier molecular flexibility index (Phi) is 5.05. The molecule has 0 saturated heterocycles. The lowest BCUT2D eigenvalue weighted by Crippen LogP contribution is -2.56. The Balaban J connectivity index is 1.59. The van der Waals surface area contributed by atoms with E-state index in [2.05, 4.69) is 23.8 Å². The molecule has 0 aliphatic rings. The Morgan fingerprint density at radius 1 is 1.29 bits per heavy atom. The Hall–Kier alpha value is -2.48. The number of hydrogen-bond donors (Lipinski definition) is 2. The van der Waals surface area contributed by atoms with E-state index in [1.165, 1.54) is 11.3 Å². The number of hydrogen-bond acceptors (Lipinski definition) is 7. The average molecular weight is 397 g/mol. The highest BCUT2D eigenvalue weighted by Crippen LogP contribution is 2.33. The van der Waals surface area contributed by atoms with E-state index in [4.69, 9.17) is 20.6 Å². The number of fused-ring (bicyclic) bond motifs is 2. The van der Waals surface area contributed by atoms with Crippen LogP contribution in [0.1, 0.15) is 32.3 Å². The van der Waals surface area contributed by atoms with Crippen molar-refractivity contribution in [2.45, 2.75) is 44.7 Å². The molecule has 7 heteroatoms. The van der Waals surface area contributed by atoms with Crippen molar-refractivity contribution in [2.75, 3.05) is 0 Å². The van der Waals surface area contributed by atoms with E-state index in [9.17, 15) is 0 Å². The highest BCUT2D eigenvalue weighted by molar-refractivity contribution is 7.20. The van der Waals surface area contributed by atoms with Crippen molar-refractivity contribution in [1.29, 1.82) is 0 Å². The maximum atomic E-state index is 6.60. The normalized spacial score (nSPS) is 15.0. The minimum absolute atomic E-state index is 0.0577. The molecule has 0 fully saturated rings. The number of nitrogens with zero attached hydrogens (tertiary/aromatic N) is 2. The number of ether oxygens (including phenoxy) is 1. The molecule has 0 amide bonds. The first-order valence-corrected chi connectivity index (χ1v) is 10.3. The summed E-state index contributed by atoms with van der Waals surface area (Å²) in [5.74, 6) is 0.673. The molecule has 0 spiro atoms. The summed E-state index contributed by atoms with van der Waals surface area (Å²) in [5, 5.41) is 1.59. The second-order valence-corrected chi connectivity index (χ2v) is 8.10. The van der Waals surface area contributed by atoms with Crippen molar-refractivity contribution in [3.8, 4) is 10.9 Å². The Labute approximate surface area is 167 Å². The molecule has 0 bridgehead atoms. The van der Waals surface area contributed by atoms with Gasteiger partial charge in [0.2, 0.25) is 0 Å². The van der Waals surface area contributed by atoms with E-state index in [-0.39, 0.29) is 6.04 Å². The second kappa shape index (κ2) is 7.50. The zero-order chi connectivity index (χ0) is 19.7. The quantitative estimate of drug-likeness (QED) is 0.473. The molecule has 1 aromatic carbocycles. The van der Waals surface area contributed by atoms with Crippen LogP contribution in [0.2, 0.25) is 0 Å². The number of benzene rings is 1. The number of nitrogens with two attached hydrogens (primary N) is 2. The molecule has 4 aromatic rings. The van der Waals surface area contributed by atoms with Gasteiger partial charge in [-0.05, 0) is 43.5 Å². The van der Waals surface area contributed by atoms with Crippen molar-refractivity contribution in [3.63, 3.8) is 0 Å². The number of pyridine rings is 1. The zero-order valence-electron chi connectivity index (χ0n) is 16.0. The van der Waals surface area contributed by atoms with Gasteiger partial charge in [-0.15, -0.1) is 0 Å². The monoisotopic (exact) mass is 396 g/mol. The molecular formula is C21H24N4O2S. The molecule has 4 N–H and O–H groups in total. The minimum Gasteiger partial charge on any atom is -0.464 e. The summed E-state index contributed by atoms with van der Waals surface area (Å²) >= 11 is 1.46. The summed E-state index contributed by atoms with van der Waals surface area (Å²) in [6, 6.07) is 9.61. The first-order chi connectivity index (χ1) is 13.5. The lowest BCUT2D eigenvalue weighted by molar-refractivity contribution is 0.321. The maximum Gasteiger partial charge on any atom is 0.281 e. The molecular weight excluding hydrogens is 372 g/mol. The van der Waals surface area contributed by atoms with Gasteiger partial charge in [0, 0.05) is 34.8 Å². The molecule has 146 valence electrons. The highest BCUT2D eigenvalue weighted by atomic mass is 32.1. The Bertz CT molecular complexity index is 1070. The second-order valence-electron chi connectivity index (χ2n) is 7.10. The highest BCUT2D eigenvalue weighted by Gasteiger charge is 2.31. The lowest BCUT2D eigenvalue weighted by Gasteiger charge is -2.33. The third-order valence-corrected chi connectivity index (χ3v) is 6.22. The van der Waals surface area contributed by atoms with Gasteiger partial charge in [-0.3, -0.25) is 0 Å². The van der Waals surface area contributed by atoms with Crippen LogP contribution in [0.3, 0.4) is 0 Å². The van der Waals surface area contributed by atoms with E-state index in [0.29, 0.717) is 23.0 Å². The molecule has 6 nitrogen and oxygen atoms in total. The van der Waals surface area contributed by atoms with Crippen LogP contribution < -0.4 is 16.2 Å². The van der Waals surface area contributed by atoms with Crippen molar-refractivity contribution in [1.82, 2.24) is 9.97 Å². The van der Waals surface area contributed by atoms with E-state index in [1.54, 1.807) is 12.5 Å². The maximum absolute atomic E-state index is 6.60. The van der Waals surface area contributed by atoms with Crippen molar-refractivity contribution < 1.29 is 9.15 Å². The molecule has 2 atom stereocenters. The predicted molar refractivity (Wildman–Crippen MR) is 113 cm³/mol. The van der Waals surface area contributed by atoms with Gasteiger partial charge in [0.1, 0.15) is 11.3 Å². The molecule has 3 heterocycles. The summed E-state index contributed by atoms with van der Waals surface area (Å²) in [6.45, 7) is 4.15. The average Bonchev–Trinajstić information content (AvgIpc) is 3.30. The largest absolute Gasteiger partial charge is 0.464 e. The first kappa shape index (κ1) is 18.9. The van der Waals surface area contributed by atoms with E-state index in [0.717, 1.165) is 34.1 Å². The van der Waals surface area contributed by atoms with Gasteiger partial charge in [0.15, 0.2) is 5.65 Å². The molecule has 0 aliphatic heterocycles. The summed E-state index contributed by atoms with van der Waals surface area (Å²) < 4.78 is 12.7. The molecule has 0 radical (unpaired) electrons. The first-order valence-electron chi connectivity index (χ1n) is 9.46. The fraction of sp³-hybridized carbons (Fsp3) is 0.333. The predicted octanol–water partition coefficient (Wildman–Crippen LogP) is 4.62. The van der Waals surface area contributed by atoms with E-state index < -0.39 is 5.54 Å². The van der Waals surface area contributed by atoms with Crippen LogP contribution in [0.4, 0.5) is 0 Å². The van der Waals surface area contributed by atoms with Crippen LogP contribution in [-0.4, -0.2) is 21.5 Å². The molecule has 3 aromatic heterocycles. The summed E-state index contributed by atoms with van der Waals surface area (Å²) in [5.41, 5.74) is 14.9. The minimum atomic E-state index is -0.450. The topological polar surface area (TPSA) is 100 Å². The standard InChI is InChI=1S/C21H24N4O2S/c1-3-18(22)21(23,4-2)11-13-12-26-16-10-14(7-8-15(13)16)27-20-25-19-17(28-20)6-5-9-24-19/h5-10,12,18H,3-4,11,22-23H2,1-2H3. The Morgan fingerprint density at radius 3 is 2.89 bits per heavy atom. The van der Waals surface area contributed by atoms with E-state index >= 15 is 0 Å². The summed E-state index contributed by atoms with van der Waals surface area (Å²) in [7, 11) is 0. The van der Waals surface area contributed by atoms with Crippen LogP contribution in [0, 0.1) is 0 Å². The smallest absolute Gasteiger partial charge is 0.281 e. The number of rotatable bonds is 7. The third-order valence-electron chi connectivity index (χ3n) is 5.33. The van der Waals surface area contributed by atoms with Gasteiger partial charge in [0.25, 0.3) is 5.19 Å². The zero-order valence-corrected chi connectivity index (χ0v) is 16.8. The number of furan rings is 1. The van der Waals surface area contributed by atoms with Gasteiger partial charge in [-0.2, -0.15) is 4.98 Å². The van der Waals surface area contributed by atoms with Crippen LogP contribution in [0.5, 0.6) is 10.9 Å². The van der Waals surface area contributed by atoms with Crippen molar-refractivity contribution in [3.05, 3.63) is 48.4 Å². The number of aromatic nitrogens is 2. The molecule has 4 rings (SSSR count). The number of thiazole rings is 1. The van der Waals surface area contributed by atoms with Gasteiger partial charge >= 0.3 is 0 Å². The molecule has 2 unspecified atom stereocenters. The van der Waals surface area contributed by atoms with E-state index in [1.807, 2.05) is 30.3 Å². The van der Waals surface area contributed by atoms with Crippen LogP contribution >= 0.6 is 11.3 Å². The molecule has 28 heavy (non-hydrogen) atoms. The SMILES string of the molecule is CCC(N)C(N)(CC)Cc1coc2cc(Oc3nc4ncccc4s3)ccc12. The fourth-order valence-electron chi connectivity index (χ4n) is 3.44. The van der Waals surface area contributed by atoms with Gasteiger partial charge < -0.3 is 20.6 Å². The summed E-state index contributed by atoms with van der Waals surface area (Å²) in [4.78, 5) is 8.64. The van der Waals surface area contributed by atoms with Gasteiger partial charge in [-0.25, -0.2) is 4.98 Å². The van der Waals surface area contributed by atoms with Crippen LogP contribution in [0.25, 0.3) is 21.3 Å². The lowest BCUT2D eigenvalue weighted by atomic mass is 9.81. The Morgan fingerprint density at radius 2 is 2.14 bits per heavy atom. The van der Waals surface area contributed by atoms with Crippen molar-refractivity contribution in [2.24, 2.45) is 11.5 Å².